The Balaban J connectivity index is 1.44. The molecule has 3 aromatic rings. The van der Waals surface area contributed by atoms with Gasteiger partial charge in [-0.1, -0.05) is 12.1 Å². The molecule has 184 valence electrons. The van der Waals surface area contributed by atoms with E-state index in [0.717, 1.165) is 36.3 Å². The van der Waals surface area contributed by atoms with Gasteiger partial charge in [0, 0.05) is 51.4 Å². The lowest BCUT2D eigenvalue weighted by Gasteiger charge is -2.40. The Labute approximate surface area is 206 Å². The first-order valence-electron chi connectivity index (χ1n) is 12.2. The summed E-state index contributed by atoms with van der Waals surface area (Å²) in [5.41, 5.74) is 1.70. The van der Waals surface area contributed by atoms with Gasteiger partial charge in [0.1, 0.15) is 11.5 Å². The molecule has 0 spiro atoms. The third-order valence-corrected chi connectivity index (χ3v) is 6.91. The van der Waals surface area contributed by atoms with E-state index in [2.05, 4.69) is 11.1 Å². The fourth-order valence-electron chi connectivity index (χ4n) is 4.88. The topological polar surface area (TPSA) is 75.9 Å². The number of pyridine rings is 1. The molecule has 1 atom stereocenters. The summed E-state index contributed by atoms with van der Waals surface area (Å²) in [6, 6.07) is 15.3. The summed E-state index contributed by atoms with van der Waals surface area (Å²) in [4.78, 5) is 34.0. The zero-order valence-electron chi connectivity index (χ0n) is 20.4. The summed E-state index contributed by atoms with van der Waals surface area (Å²) in [6.07, 6.45) is 8.41. The molecule has 0 saturated carbocycles. The normalized spacial score (nSPS) is 15.0. The molecular weight excluding hydrogens is 442 g/mol. The Kier molecular flexibility index (Phi) is 8.19. The van der Waals surface area contributed by atoms with E-state index in [1.54, 1.807) is 37.9 Å². The maximum Gasteiger partial charge on any atom is 0.255 e. The minimum Gasteiger partial charge on any atom is -0.497 e. The Morgan fingerprint density at radius 2 is 2.00 bits per heavy atom. The van der Waals surface area contributed by atoms with Crippen LogP contribution in [0.15, 0.2) is 71.6 Å². The lowest BCUT2D eigenvalue weighted by molar-refractivity contribution is -0.132. The number of benzene rings is 1. The van der Waals surface area contributed by atoms with Crippen molar-refractivity contribution in [3.63, 3.8) is 0 Å². The van der Waals surface area contributed by atoms with E-state index in [1.165, 1.54) is 0 Å². The van der Waals surface area contributed by atoms with Gasteiger partial charge in [0.2, 0.25) is 5.91 Å². The Bertz CT molecular complexity index is 1090. The number of aromatic nitrogens is 1. The second-order valence-electron chi connectivity index (χ2n) is 9.08. The van der Waals surface area contributed by atoms with Crippen LogP contribution in [0.2, 0.25) is 0 Å². The highest BCUT2D eigenvalue weighted by Crippen LogP contribution is 2.28. The Hall–Kier alpha value is -3.61. The van der Waals surface area contributed by atoms with Crippen LogP contribution in [0.4, 0.5) is 0 Å². The van der Waals surface area contributed by atoms with Gasteiger partial charge in [-0.2, -0.15) is 0 Å². The smallest absolute Gasteiger partial charge is 0.255 e. The van der Waals surface area contributed by atoms with Crippen molar-refractivity contribution < 1.29 is 18.7 Å². The fourth-order valence-corrected chi connectivity index (χ4v) is 4.88. The van der Waals surface area contributed by atoms with Crippen LogP contribution in [-0.4, -0.2) is 59.9 Å². The van der Waals surface area contributed by atoms with Crippen molar-refractivity contribution in [2.24, 2.45) is 5.92 Å². The van der Waals surface area contributed by atoms with Crippen molar-refractivity contribution in [2.45, 2.75) is 38.1 Å². The molecule has 0 N–H and O–H groups in total. The lowest BCUT2D eigenvalue weighted by Crippen LogP contribution is -2.48. The van der Waals surface area contributed by atoms with Crippen molar-refractivity contribution >= 4 is 11.8 Å². The van der Waals surface area contributed by atoms with E-state index < -0.39 is 0 Å². The SMILES string of the molecule is COc1cccc(C[C@@H](C2CCN(C(=O)CCc3ccco3)CC2)N(C)C(=O)c2cccnc2)c1. The molecule has 7 heteroatoms. The Morgan fingerprint density at radius 3 is 2.69 bits per heavy atom. The summed E-state index contributed by atoms with van der Waals surface area (Å²) in [5, 5.41) is 0. The first kappa shape index (κ1) is 24.5. The van der Waals surface area contributed by atoms with Gasteiger partial charge in [0.25, 0.3) is 5.91 Å². The third-order valence-electron chi connectivity index (χ3n) is 6.91. The van der Waals surface area contributed by atoms with Crippen molar-refractivity contribution in [1.29, 1.82) is 0 Å². The molecule has 1 fully saturated rings. The maximum atomic E-state index is 13.3. The molecule has 1 aromatic carbocycles. The zero-order chi connectivity index (χ0) is 24.6. The first-order chi connectivity index (χ1) is 17.0. The van der Waals surface area contributed by atoms with E-state index in [-0.39, 0.29) is 23.8 Å². The van der Waals surface area contributed by atoms with Gasteiger partial charge in [-0.15, -0.1) is 0 Å². The average Bonchev–Trinajstić information content (AvgIpc) is 3.44. The Morgan fingerprint density at radius 1 is 1.17 bits per heavy atom. The summed E-state index contributed by atoms with van der Waals surface area (Å²) in [6.45, 7) is 1.40. The number of likely N-dealkylation sites (N-methyl/N-ethyl adjacent to an activating group) is 1. The molecule has 1 aliphatic heterocycles. The third kappa shape index (κ3) is 6.29. The number of hydrogen-bond acceptors (Lipinski definition) is 5. The van der Waals surface area contributed by atoms with Crippen molar-refractivity contribution in [1.82, 2.24) is 14.8 Å². The van der Waals surface area contributed by atoms with Crippen molar-refractivity contribution in [3.05, 3.63) is 84.1 Å². The van der Waals surface area contributed by atoms with Gasteiger partial charge in [-0.25, -0.2) is 0 Å². The van der Waals surface area contributed by atoms with E-state index in [1.807, 2.05) is 47.2 Å². The van der Waals surface area contributed by atoms with Gasteiger partial charge in [-0.3, -0.25) is 14.6 Å². The minimum atomic E-state index is -0.0389. The predicted octanol–water partition coefficient (Wildman–Crippen LogP) is 4.24. The van der Waals surface area contributed by atoms with Crippen LogP contribution in [0.25, 0.3) is 0 Å². The summed E-state index contributed by atoms with van der Waals surface area (Å²) in [5.74, 6) is 2.04. The number of ether oxygens (including phenoxy) is 1. The molecule has 0 unspecified atom stereocenters. The second kappa shape index (κ2) is 11.7. The number of rotatable bonds is 9. The quantitative estimate of drug-likeness (QED) is 0.463. The van der Waals surface area contributed by atoms with Gasteiger partial charge >= 0.3 is 0 Å². The molecule has 35 heavy (non-hydrogen) atoms. The highest BCUT2D eigenvalue weighted by atomic mass is 16.5. The minimum absolute atomic E-state index is 0.00446. The van der Waals surface area contributed by atoms with Gasteiger partial charge < -0.3 is 19.0 Å². The van der Waals surface area contributed by atoms with Crippen LogP contribution in [0.5, 0.6) is 5.75 Å². The highest BCUT2D eigenvalue weighted by molar-refractivity contribution is 5.94. The second-order valence-corrected chi connectivity index (χ2v) is 9.08. The van der Waals surface area contributed by atoms with Crippen LogP contribution in [0, 0.1) is 5.92 Å². The largest absolute Gasteiger partial charge is 0.497 e. The van der Waals surface area contributed by atoms with Crippen LogP contribution in [0.1, 0.15) is 40.9 Å². The summed E-state index contributed by atoms with van der Waals surface area (Å²) in [7, 11) is 3.54. The molecule has 3 heterocycles. The van der Waals surface area contributed by atoms with E-state index in [4.69, 9.17) is 9.15 Å². The highest BCUT2D eigenvalue weighted by Gasteiger charge is 2.33. The number of hydrogen-bond donors (Lipinski definition) is 0. The average molecular weight is 476 g/mol. The number of aryl methyl sites for hydroxylation is 1. The molecule has 1 aliphatic rings. The molecule has 7 nitrogen and oxygen atoms in total. The van der Waals surface area contributed by atoms with E-state index in [9.17, 15) is 9.59 Å². The summed E-state index contributed by atoms with van der Waals surface area (Å²) >= 11 is 0. The molecular formula is C28H33N3O4. The number of carbonyl (C=O) groups is 2. The molecule has 2 amide bonds. The predicted molar refractivity (Wildman–Crippen MR) is 133 cm³/mol. The first-order valence-corrected chi connectivity index (χ1v) is 12.2. The number of nitrogens with zero attached hydrogens (tertiary/aromatic N) is 3. The fraction of sp³-hybridized carbons (Fsp3) is 0.393. The number of amides is 2. The standard InChI is InChI=1S/C28H33N3O4/c1-30(28(33)23-7-4-14-29-20-23)26(19-21-6-3-8-25(18-21)34-2)22-12-15-31(16-13-22)27(32)11-10-24-9-5-17-35-24/h3-9,14,17-18,20,22,26H,10-13,15-16,19H2,1-2H3/t26-/m0/s1. The van der Waals surface area contributed by atoms with E-state index in [0.29, 0.717) is 31.5 Å². The van der Waals surface area contributed by atoms with E-state index >= 15 is 0 Å². The van der Waals surface area contributed by atoms with Gasteiger partial charge in [-0.05, 0) is 67.1 Å². The van der Waals surface area contributed by atoms with Crippen LogP contribution >= 0.6 is 0 Å². The van der Waals surface area contributed by atoms with Crippen LogP contribution < -0.4 is 4.74 Å². The van der Waals surface area contributed by atoms with Gasteiger partial charge in [0.05, 0.1) is 18.9 Å². The van der Waals surface area contributed by atoms with Crippen LogP contribution in [-0.2, 0) is 17.6 Å². The van der Waals surface area contributed by atoms with Gasteiger partial charge in [0.15, 0.2) is 0 Å². The molecule has 2 aromatic heterocycles. The molecule has 0 aliphatic carbocycles. The number of carbonyl (C=O) groups excluding carboxylic acids is 2. The molecule has 0 bridgehead atoms. The summed E-state index contributed by atoms with van der Waals surface area (Å²) < 4.78 is 10.8. The zero-order valence-corrected chi connectivity index (χ0v) is 20.4. The molecule has 1 saturated heterocycles. The molecule has 4 rings (SSSR count). The number of methoxy groups -OCH3 is 1. The molecule has 0 radical (unpaired) electrons. The number of piperidine rings is 1. The monoisotopic (exact) mass is 475 g/mol. The van der Waals surface area contributed by atoms with Crippen LogP contribution in [0.3, 0.4) is 0 Å². The van der Waals surface area contributed by atoms with Crippen molar-refractivity contribution in [3.8, 4) is 5.75 Å². The van der Waals surface area contributed by atoms with Crippen molar-refractivity contribution in [2.75, 3.05) is 27.2 Å². The maximum absolute atomic E-state index is 13.3. The lowest BCUT2D eigenvalue weighted by atomic mass is 9.84. The number of likely N-dealkylation sites (tertiary alicyclic amines) is 1. The number of furan rings is 1.